The zero-order valence-corrected chi connectivity index (χ0v) is 6.40. The number of hydrogen-bond donors (Lipinski definition) is 0. The van der Waals surface area contributed by atoms with Crippen molar-refractivity contribution in [2.24, 2.45) is 0 Å². The highest BCUT2D eigenvalue weighted by molar-refractivity contribution is 6.34. The average Bonchev–Trinajstić information content (AvgIpc) is 1.97. The van der Waals surface area contributed by atoms with Gasteiger partial charge in [-0.3, -0.25) is 0 Å². The van der Waals surface area contributed by atoms with E-state index in [-0.39, 0.29) is 0 Å². The molecule has 1 aromatic carbocycles. The van der Waals surface area contributed by atoms with Crippen molar-refractivity contribution in [3.8, 4) is 0 Å². The maximum atomic E-state index is 12.3. The molecule has 0 fully saturated rings. The fraction of sp³-hybridized carbons (Fsp3) is 0. The summed E-state index contributed by atoms with van der Waals surface area (Å²) in [5, 5.41) is -1.32. The van der Waals surface area contributed by atoms with Crippen LogP contribution in [0.2, 0.25) is 10.0 Å². The Morgan fingerprint density at radius 3 is 1.55 bits per heavy atom. The fourth-order valence-corrected chi connectivity index (χ4v) is 0.898. The molecule has 1 radical (unpaired) electrons. The Hall–Kier alpha value is -0.410. The second-order valence-corrected chi connectivity index (χ2v) is 2.45. The van der Waals surface area contributed by atoms with Crippen LogP contribution < -0.4 is 0 Å². The molecule has 59 valence electrons. The van der Waals surface area contributed by atoms with Gasteiger partial charge in [0.25, 0.3) is 0 Å². The van der Waals surface area contributed by atoms with E-state index in [1.54, 1.807) is 0 Å². The molecule has 0 saturated heterocycles. The van der Waals surface area contributed by atoms with Gasteiger partial charge in [0.1, 0.15) is 0 Å². The van der Waals surface area contributed by atoms with Crippen molar-refractivity contribution in [1.29, 1.82) is 0 Å². The highest BCUT2D eigenvalue weighted by Gasteiger charge is 2.16. The van der Waals surface area contributed by atoms with Crippen LogP contribution in [0.3, 0.4) is 0 Å². The molecule has 0 aliphatic carbocycles. The van der Waals surface area contributed by atoms with E-state index < -0.39 is 27.5 Å². The lowest BCUT2D eigenvalue weighted by atomic mass is 10.3. The molecule has 1 aromatic rings. The molecule has 0 atom stereocenters. The molecule has 0 saturated carbocycles. The Balaban J connectivity index is 3.46. The Kier molecular flexibility index (Phi) is 2.30. The van der Waals surface area contributed by atoms with E-state index >= 15 is 0 Å². The lowest BCUT2D eigenvalue weighted by Crippen LogP contribution is -1.92. The van der Waals surface area contributed by atoms with Crippen LogP contribution in [0, 0.1) is 23.5 Å². The van der Waals surface area contributed by atoms with Gasteiger partial charge in [-0.25, -0.2) is 13.2 Å². The summed E-state index contributed by atoms with van der Waals surface area (Å²) < 4.78 is 37.0. The zero-order valence-electron chi connectivity index (χ0n) is 4.89. The van der Waals surface area contributed by atoms with Crippen LogP contribution in [0.15, 0.2) is 0 Å². The third-order valence-corrected chi connectivity index (χ3v) is 1.51. The number of halogens is 5. The van der Waals surface area contributed by atoms with Gasteiger partial charge >= 0.3 is 0 Å². The molecule has 0 aromatic heterocycles. The Morgan fingerprint density at radius 1 is 0.818 bits per heavy atom. The first kappa shape index (κ1) is 8.68. The molecule has 0 nitrogen and oxygen atoms in total. The monoisotopic (exact) mass is 199 g/mol. The average molecular weight is 200 g/mol. The summed E-state index contributed by atoms with van der Waals surface area (Å²) in [4.78, 5) is 0. The van der Waals surface area contributed by atoms with Crippen molar-refractivity contribution in [2.75, 3.05) is 0 Å². The van der Waals surface area contributed by atoms with E-state index in [1.165, 1.54) is 0 Å². The van der Waals surface area contributed by atoms with Crippen molar-refractivity contribution in [1.82, 2.24) is 0 Å². The van der Waals surface area contributed by atoms with Gasteiger partial charge in [0.05, 0.1) is 10.0 Å². The fourth-order valence-electron chi connectivity index (χ4n) is 0.495. The van der Waals surface area contributed by atoms with Gasteiger partial charge in [-0.2, -0.15) is 0 Å². The van der Waals surface area contributed by atoms with Crippen LogP contribution in [0.1, 0.15) is 0 Å². The molecule has 11 heavy (non-hydrogen) atoms. The largest absolute Gasteiger partial charge is 0.202 e. The minimum Gasteiger partial charge on any atom is -0.202 e. The molecule has 1 rings (SSSR count). The summed E-state index contributed by atoms with van der Waals surface area (Å²) in [7, 11) is 0. The molecule has 0 aliphatic rings. The first-order chi connectivity index (χ1) is 5.04. The summed E-state index contributed by atoms with van der Waals surface area (Å²) in [6, 6.07) is 1.89. The molecular weight excluding hydrogens is 200 g/mol. The second kappa shape index (κ2) is 2.91. The van der Waals surface area contributed by atoms with E-state index in [1.807, 2.05) is 6.07 Å². The predicted molar refractivity (Wildman–Crippen MR) is 35.2 cm³/mol. The lowest BCUT2D eigenvalue weighted by Gasteiger charge is -1.97. The minimum atomic E-state index is -1.68. The van der Waals surface area contributed by atoms with Gasteiger partial charge in [-0.05, 0) is 0 Å². The smallest absolute Gasteiger partial charge is 0.197 e. The highest BCUT2D eigenvalue weighted by atomic mass is 35.5. The van der Waals surface area contributed by atoms with Crippen LogP contribution in [-0.2, 0) is 0 Å². The Bertz CT molecular complexity index is 272. The van der Waals surface area contributed by atoms with E-state index in [4.69, 9.17) is 23.2 Å². The maximum Gasteiger partial charge on any atom is 0.197 e. The van der Waals surface area contributed by atoms with Gasteiger partial charge in [0.15, 0.2) is 17.5 Å². The Morgan fingerprint density at radius 2 is 1.18 bits per heavy atom. The molecule has 0 heterocycles. The zero-order chi connectivity index (χ0) is 8.59. The van der Waals surface area contributed by atoms with Crippen LogP contribution >= 0.6 is 23.2 Å². The maximum absolute atomic E-state index is 12.3. The Labute approximate surface area is 70.5 Å². The standard InChI is InChI=1S/C6Cl2F3/c7-2-1-3(8)5(10)6(11)4(2)9. The molecule has 0 bridgehead atoms. The summed E-state index contributed by atoms with van der Waals surface area (Å²) in [5.41, 5.74) is 0. The van der Waals surface area contributed by atoms with Crippen molar-refractivity contribution in [3.63, 3.8) is 0 Å². The first-order valence-electron chi connectivity index (χ1n) is 2.44. The number of hydrogen-bond acceptors (Lipinski definition) is 0. The lowest BCUT2D eigenvalue weighted by molar-refractivity contribution is 0.447. The molecule has 5 heteroatoms. The van der Waals surface area contributed by atoms with Crippen LogP contribution in [0.5, 0.6) is 0 Å². The second-order valence-electron chi connectivity index (χ2n) is 1.69. The van der Waals surface area contributed by atoms with Crippen molar-refractivity contribution in [2.45, 2.75) is 0 Å². The molecule has 0 spiro atoms. The van der Waals surface area contributed by atoms with Crippen LogP contribution in [-0.4, -0.2) is 0 Å². The van der Waals surface area contributed by atoms with Crippen LogP contribution in [0.4, 0.5) is 13.2 Å². The van der Waals surface area contributed by atoms with Gasteiger partial charge < -0.3 is 0 Å². The molecule has 0 aliphatic heterocycles. The molecule has 0 unspecified atom stereocenters. The first-order valence-corrected chi connectivity index (χ1v) is 3.20. The normalized spacial score (nSPS) is 10.3. The molecule has 0 N–H and O–H groups in total. The van der Waals surface area contributed by atoms with E-state index in [0.29, 0.717) is 0 Å². The third-order valence-electron chi connectivity index (χ3n) is 0.990. The van der Waals surface area contributed by atoms with E-state index in [2.05, 4.69) is 0 Å². The quantitative estimate of drug-likeness (QED) is 0.445. The molecular formula is C6Cl2F3. The number of benzene rings is 1. The SMILES string of the molecule is Fc1c(Cl)[c]c(Cl)c(F)c1F. The van der Waals surface area contributed by atoms with E-state index in [0.717, 1.165) is 0 Å². The van der Waals surface area contributed by atoms with Gasteiger partial charge in [-0.15, -0.1) is 0 Å². The van der Waals surface area contributed by atoms with Crippen molar-refractivity contribution >= 4 is 23.2 Å². The van der Waals surface area contributed by atoms with Crippen molar-refractivity contribution in [3.05, 3.63) is 33.6 Å². The number of rotatable bonds is 0. The van der Waals surface area contributed by atoms with Crippen LogP contribution in [0.25, 0.3) is 0 Å². The minimum absolute atomic E-state index is 0.658. The summed E-state index contributed by atoms with van der Waals surface area (Å²) >= 11 is 10.1. The summed E-state index contributed by atoms with van der Waals surface area (Å²) in [5.74, 6) is -4.64. The van der Waals surface area contributed by atoms with E-state index in [9.17, 15) is 13.2 Å². The predicted octanol–water partition coefficient (Wildman–Crippen LogP) is 3.21. The molecule has 0 amide bonds. The highest BCUT2D eigenvalue weighted by Crippen LogP contribution is 2.25. The van der Waals surface area contributed by atoms with Crippen molar-refractivity contribution < 1.29 is 13.2 Å². The topological polar surface area (TPSA) is 0 Å². The van der Waals surface area contributed by atoms with Gasteiger partial charge in [-0.1, -0.05) is 23.2 Å². The summed E-state index contributed by atoms with van der Waals surface area (Å²) in [6.07, 6.45) is 0. The summed E-state index contributed by atoms with van der Waals surface area (Å²) in [6.45, 7) is 0. The third kappa shape index (κ3) is 1.44. The van der Waals surface area contributed by atoms with Gasteiger partial charge in [0.2, 0.25) is 0 Å². The van der Waals surface area contributed by atoms with Gasteiger partial charge in [0, 0.05) is 6.07 Å².